The fraction of sp³-hybridized carbons (Fsp3) is 0.421. The van der Waals surface area contributed by atoms with Gasteiger partial charge in [0.15, 0.2) is 10.7 Å². The summed E-state index contributed by atoms with van der Waals surface area (Å²) < 4.78 is 66.0. The fourth-order valence-corrected chi connectivity index (χ4v) is 4.27. The van der Waals surface area contributed by atoms with Crippen LogP contribution in [0.4, 0.5) is 29.9 Å². The van der Waals surface area contributed by atoms with Gasteiger partial charge in [0.1, 0.15) is 22.8 Å². The maximum atomic E-state index is 14.8. The van der Waals surface area contributed by atoms with Gasteiger partial charge in [0, 0.05) is 11.1 Å². The van der Waals surface area contributed by atoms with Crippen molar-refractivity contribution in [3.63, 3.8) is 0 Å². The van der Waals surface area contributed by atoms with Crippen LogP contribution in [-0.2, 0) is 19.5 Å². The second-order valence-corrected chi connectivity index (χ2v) is 10.9. The zero-order valence-corrected chi connectivity index (χ0v) is 19.9. The predicted octanol–water partition coefficient (Wildman–Crippen LogP) is 4.90. The molecule has 0 radical (unpaired) electrons. The molecule has 2 amide bonds. The lowest BCUT2D eigenvalue weighted by Crippen LogP contribution is -2.41. The molecule has 176 valence electrons. The third kappa shape index (κ3) is 6.36. The van der Waals surface area contributed by atoms with Crippen LogP contribution in [0.1, 0.15) is 41.5 Å². The Bertz CT molecular complexity index is 1080. The summed E-state index contributed by atoms with van der Waals surface area (Å²) >= 11 is 0.963. The van der Waals surface area contributed by atoms with Crippen LogP contribution < -0.4 is 9.62 Å². The topological polar surface area (TPSA) is 115 Å². The van der Waals surface area contributed by atoms with Crippen molar-refractivity contribution in [1.82, 2.24) is 4.98 Å². The van der Waals surface area contributed by atoms with Crippen LogP contribution >= 0.6 is 11.3 Å². The number of rotatable bonds is 4. The highest BCUT2D eigenvalue weighted by Gasteiger charge is 2.39. The molecule has 9 nitrogen and oxygen atoms in total. The van der Waals surface area contributed by atoms with E-state index in [-0.39, 0.29) is 15.8 Å². The number of sulfonamides is 1. The second kappa shape index (κ2) is 8.98. The van der Waals surface area contributed by atoms with Crippen LogP contribution in [0.15, 0.2) is 27.9 Å². The van der Waals surface area contributed by atoms with Crippen molar-refractivity contribution in [2.45, 2.75) is 57.6 Å². The van der Waals surface area contributed by atoms with E-state index in [1.807, 2.05) is 0 Å². The number of nitrogens with zero attached hydrogens (tertiary/aromatic N) is 2. The monoisotopic (exact) mass is 491 g/mol. The molecule has 1 heterocycles. The molecule has 1 N–H and O–H groups in total. The lowest BCUT2D eigenvalue weighted by atomic mass is 10.2. The molecule has 0 spiro atoms. The van der Waals surface area contributed by atoms with Gasteiger partial charge in [-0.25, -0.2) is 31.8 Å². The Labute approximate surface area is 188 Å². The van der Waals surface area contributed by atoms with E-state index in [1.54, 1.807) is 20.8 Å². The first kappa shape index (κ1) is 25.5. The summed E-state index contributed by atoms with van der Waals surface area (Å²) in [5.74, 6) is -3.47. The Morgan fingerprint density at radius 1 is 1.03 bits per heavy atom. The number of amides is 2. The van der Waals surface area contributed by atoms with Gasteiger partial charge in [0.05, 0.1) is 5.51 Å². The standard InChI is InChI=1S/C19H23F2N3O6S2/c1-18(2,3)29-16(25)23-11-7-12(20)15(13(21)8-11)32(27,28)24(14-9-31-10-22-14)17(26)30-19(4,5)6/h7-10H,1-6H3,(H,23,25). The molecule has 0 atom stereocenters. The third-order valence-corrected chi connectivity index (χ3v) is 5.63. The van der Waals surface area contributed by atoms with E-state index in [2.05, 4.69) is 10.3 Å². The number of nitrogens with one attached hydrogen (secondary N) is 1. The molecule has 13 heteroatoms. The van der Waals surface area contributed by atoms with E-state index >= 15 is 0 Å². The van der Waals surface area contributed by atoms with Crippen LogP contribution in [0.25, 0.3) is 0 Å². The first-order valence-electron chi connectivity index (χ1n) is 9.17. The molecule has 1 aromatic carbocycles. The van der Waals surface area contributed by atoms with E-state index < -0.39 is 49.9 Å². The maximum absolute atomic E-state index is 14.8. The summed E-state index contributed by atoms with van der Waals surface area (Å²) in [6, 6.07) is 1.18. The predicted molar refractivity (Wildman–Crippen MR) is 114 cm³/mol. The number of ether oxygens (including phenoxy) is 2. The van der Waals surface area contributed by atoms with Gasteiger partial charge in [-0.05, 0) is 53.7 Å². The Kier molecular flexibility index (Phi) is 7.15. The lowest BCUT2D eigenvalue weighted by molar-refractivity contribution is 0.0604. The molecule has 0 unspecified atom stereocenters. The number of carbonyl (C=O) groups is 2. The summed E-state index contributed by atoms with van der Waals surface area (Å²) in [5.41, 5.74) is -1.11. The van der Waals surface area contributed by atoms with Gasteiger partial charge >= 0.3 is 12.2 Å². The summed E-state index contributed by atoms with van der Waals surface area (Å²) in [4.78, 5) is 26.8. The lowest BCUT2D eigenvalue weighted by Gasteiger charge is -2.26. The molecule has 0 aliphatic rings. The van der Waals surface area contributed by atoms with E-state index in [9.17, 15) is 26.8 Å². The third-order valence-electron chi connectivity index (χ3n) is 3.33. The van der Waals surface area contributed by atoms with Crippen LogP contribution in [0.5, 0.6) is 0 Å². The molecule has 2 aromatic rings. The van der Waals surface area contributed by atoms with E-state index in [0.29, 0.717) is 12.1 Å². The highest BCUT2D eigenvalue weighted by Crippen LogP contribution is 2.31. The van der Waals surface area contributed by atoms with Gasteiger partial charge in [0.25, 0.3) is 10.0 Å². The number of halogens is 2. The van der Waals surface area contributed by atoms with Crippen molar-refractivity contribution in [1.29, 1.82) is 0 Å². The van der Waals surface area contributed by atoms with Crippen molar-refractivity contribution in [2.75, 3.05) is 9.62 Å². The molecule has 0 bridgehead atoms. The summed E-state index contributed by atoms with van der Waals surface area (Å²) in [6.07, 6.45) is -2.39. The van der Waals surface area contributed by atoms with Crippen LogP contribution in [0.3, 0.4) is 0 Å². The molecule has 32 heavy (non-hydrogen) atoms. The molecule has 0 saturated carbocycles. The van der Waals surface area contributed by atoms with Gasteiger partial charge < -0.3 is 9.47 Å². The molecule has 1 aromatic heterocycles. The quantitative estimate of drug-likeness (QED) is 0.647. The number of aromatic nitrogens is 1. The van der Waals surface area contributed by atoms with Crippen LogP contribution in [0, 0.1) is 11.6 Å². The van der Waals surface area contributed by atoms with Crippen molar-refractivity contribution < 1.29 is 36.3 Å². The SMILES string of the molecule is CC(C)(C)OC(=O)Nc1cc(F)c(S(=O)(=O)N(C(=O)OC(C)(C)C)c2cscn2)c(F)c1. The Balaban J connectivity index is 2.49. The number of hydrogen-bond acceptors (Lipinski definition) is 8. The van der Waals surface area contributed by atoms with Gasteiger partial charge in [0.2, 0.25) is 0 Å². The molecule has 2 rings (SSSR count). The van der Waals surface area contributed by atoms with Crippen molar-refractivity contribution >= 4 is 45.1 Å². The summed E-state index contributed by atoms with van der Waals surface area (Å²) in [7, 11) is -5.12. The molecule has 0 aliphatic carbocycles. The Morgan fingerprint density at radius 2 is 1.56 bits per heavy atom. The number of thiazole rings is 1. The summed E-state index contributed by atoms with van der Waals surface area (Å²) in [6.45, 7) is 9.26. The van der Waals surface area contributed by atoms with E-state index in [1.165, 1.54) is 31.7 Å². The molecule has 0 fully saturated rings. The minimum absolute atomic E-state index is 0.0806. The minimum Gasteiger partial charge on any atom is -0.444 e. The highest BCUT2D eigenvalue weighted by molar-refractivity contribution is 7.93. The first-order valence-corrected chi connectivity index (χ1v) is 11.5. The number of carbonyl (C=O) groups excluding carboxylic acids is 2. The zero-order chi connectivity index (χ0) is 24.5. The highest BCUT2D eigenvalue weighted by atomic mass is 32.2. The smallest absolute Gasteiger partial charge is 0.430 e. The van der Waals surface area contributed by atoms with Crippen molar-refractivity contribution in [2.24, 2.45) is 0 Å². The number of anilines is 2. The fourth-order valence-electron chi connectivity index (χ4n) is 2.32. The molecular weight excluding hydrogens is 468 g/mol. The first-order chi connectivity index (χ1) is 14.5. The summed E-state index contributed by atoms with van der Waals surface area (Å²) in [5, 5.41) is 3.32. The van der Waals surface area contributed by atoms with Crippen molar-refractivity contribution in [3.8, 4) is 0 Å². The normalized spacial score (nSPS) is 12.2. The Morgan fingerprint density at radius 3 is 2.00 bits per heavy atom. The average molecular weight is 492 g/mol. The van der Waals surface area contributed by atoms with Gasteiger partial charge in [-0.1, -0.05) is 0 Å². The Hall–Kier alpha value is -2.80. The molecule has 0 saturated heterocycles. The van der Waals surface area contributed by atoms with Crippen LogP contribution in [0.2, 0.25) is 0 Å². The van der Waals surface area contributed by atoms with Crippen LogP contribution in [-0.4, -0.2) is 36.8 Å². The number of hydrogen-bond donors (Lipinski definition) is 1. The van der Waals surface area contributed by atoms with E-state index in [0.717, 1.165) is 11.3 Å². The largest absolute Gasteiger partial charge is 0.444 e. The van der Waals surface area contributed by atoms with Gasteiger partial charge in [-0.2, -0.15) is 0 Å². The maximum Gasteiger partial charge on any atom is 0.430 e. The molecular formula is C19H23F2N3O6S2. The average Bonchev–Trinajstić information content (AvgIpc) is 3.03. The zero-order valence-electron chi connectivity index (χ0n) is 18.2. The van der Waals surface area contributed by atoms with Gasteiger partial charge in [-0.3, -0.25) is 5.32 Å². The van der Waals surface area contributed by atoms with Crippen molar-refractivity contribution in [3.05, 3.63) is 34.7 Å². The number of benzene rings is 1. The van der Waals surface area contributed by atoms with Gasteiger partial charge in [-0.15, -0.1) is 15.6 Å². The van der Waals surface area contributed by atoms with E-state index in [4.69, 9.17) is 9.47 Å². The minimum atomic E-state index is -5.12. The molecule has 0 aliphatic heterocycles. The second-order valence-electron chi connectivity index (χ2n) is 8.49.